The molecule has 2 N–H and O–H groups in total. The minimum atomic E-state index is -0.0715. The first kappa shape index (κ1) is 17.3. The summed E-state index contributed by atoms with van der Waals surface area (Å²) in [6, 6.07) is 9.63. The number of carbonyl (C=O) groups excluding carboxylic acids is 1. The predicted octanol–water partition coefficient (Wildman–Crippen LogP) is 2.60. The summed E-state index contributed by atoms with van der Waals surface area (Å²) in [5, 5.41) is 6.08. The van der Waals surface area contributed by atoms with Gasteiger partial charge in [0.05, 0.1) is 31.9 Å². The highest BCUT2D eigenvalue weighted by molar-refractivity contribution is 7.10. The van der Waals surface area contributed by atoms with Crippen LogP contribution in [0.5, 0.6) is 0 Å². The van der Waals surface area contributed by atoms with Crippen LogP contribution in [0.3, 0.4) is 0 Å². The van der Waals surface area contributed by atoms with Crippen molar-refractivity contribution >= 4 is 40.4 Å². The molecule has 0 saturated heterocycles. The highest BCUT2D eigenvalue weighted by atomic mass is 35.5. The Labute approximate surface area is 144 Å². The Hall–Kier alpha value is -1.07. The quantitative estimate of drug-likeness (QED) is 0.818. The highest BCUT2D eigenvalue weighted by Gasteiger charge is 2.20. The van der Waals surface area contributed by atoms with Crippen molar-refractivity contribution in [3.8, 4) is 0 Å². The lowest BCUT2D eigenvalue weighted by atomic mass is 10.1. The maximum Gasteiger partial charge on any atom is 0.224 e. The van der Waals surface area contributed by atoms with Crippen LogP contribution in [0.25, 0.3) is 0 Å². The van der Waals surface area contributed by atoms with E-state index in [0.717, 1.165) is 0 Å². The van der Waals surface area contributed by atoms with Gasteiger partial charge in [0.15, 0.2) is 0 Å². The standard InChI is InChI=1S/C16H18Cl2N2OS/c1-20(2)14(15-7-4-8-22-15)10-19-16(21)9-11-12(17)5-3-6-13(11)18/h3-8,14H,9-10H2,1-2H3,(H,19,21)/p+1/t14-/m0/s1. The number of nitrogens with one attached hydrogen (secondary N) is 2. The maximum atomic E-state index is 12.2. The fourth-order valence-electron chi connectivity index (χ4n) is 2.22. The molecule has 2 rings (SSSR count). The smallest absolute Gasteiger partial charge is 0.224 e. The van der Waals surface area contributed by atoms with Crippen LogP contribution in [0.4, 0.5) is 0 Å². The minimum absolute atomic E-state index is 0.0715. The number of likely N-dealkylation sites (N-methyl/N-ethyl adjacent to an activating group) is 1. The molecule has 6 heteroatoms. The van der Waals surface area contributed by atoms with Gasteiger partial charge in [0.2, 0.25) is 5.91 Å². The molecule has 0 fully saturated rings. The molecule has 1 aromatic heterocycles. The van der Waals surface area contributed by atoms with E-state index in [4.69, 9.17) is 23.2 Å². The van der Waals surface area contributed by atoms with Crippen LogP contribution in [0, 0.1) is 0 Å². The maximum absolute atomic E-state index is 12.2. The van der Waals surface area contributed by atoms with E-state index in [0.29, 0.717) is 22.2 Å². The van der Waals surface area contributed by atoms with Crippen LogP contribution in [0.2, 0.25) is 10.0 Å². The number of carbonyl (C=O) groups is 1. The first-order chi connectivity index (χ1) is 10.5. The molecule has 0 radical (unpaired) electrons. The molecule has 0 aliphatic rings. The summed E-state index contributed by atoms with van der Waals surface area (Å²) in [7, 11) is 4.17. The Bertz CT molecular complexity index is 609. The second-order valence-corrected chi connectivity index (χ2v) is 7.12. The average Bonchev–Trinajstić information content (AvgIpc) is 2.97. The van der Waals surface area contributed by atoms with Crippen LogP contribution in [0.15, 0.2) is 35.7 Å². The summed E-state index contributed by atoms with van der Waals surface area (Å²) in [4.78, 5) is 14.7. The molecule has 22 heavy (non-hydrogen) atoms. The van der Waals surface area contributed by atoms with Crippen molar-refractivity contribution in [3.05, 3.63) is 56.2 Å². The molecular formula is C16H19Cl2N2OS+. The van der Waals surface area contributed by atoms with Gasteiger partial charge in [-0.2, -0.15) is 0 Å². The van der Waals surface area contributed by atoms with Gasteiger partial charge in [0, 0.05) is 10.0 Å². The largest absolute Gasteiger partial charge is 0.349 e. The molecule has 0 spiro atoms. The van der Waals surface area contributed by atoms with E-state index >= 15 is 0 Å². The molecule has 118 valence electrons. The fourth-order valence-corrected chi connectivity index (χ4v) is 3.70. The van der Waals surface area contributed by atoms with Crippen molar-refractivity contribution in [1.29, 1.82) is 0 Å². The summed E-state index contributed by atoms with van der Waals surface area (Å²) >= 11 is 13.9. The van der Waals surface area contributed by atoms with Crippen molar-refractivity contribution in [3.63, 3.8) is 0 Å². The molecule has 3 nitrogen and oxygen atoms in total. The molecule has 0 bridgehead atoms. The lowest BCUT2D eigenvalue weighted by Crippen LogP contribution is -3.06. The van der Waals surface area contributed by atoms with Gasteiger partial charge >= 0.3 is 0 Å². The lowest BCUT2D eigenvalue weighted by Gasteiger charge is -2.20. The van der Waals surface area contributed by atoms with Crippen LogP contribution in [-0.4, -0.2) is 26.5 Å². The predicted molar refractivity (Wildman–Crippen MR) is 93.0 cm³/mol. The van der Waals surface area contributed by atoms with E-state index in [9.17, 15) is 4.79 Å². The summed E-state index contributed by atoms with van der Waals surface area (Å²) in [5.74, 6) is -0.0715. The Morgan fingerprint density at radius 1 is 1.23 bits per heavy atom. The zero-order valence-electron chi connectivity index (χ0n) is 12.5. The van der Waals surface area contributed by atoms with Gasteiger partial charge < -0.3 is 10.2 Å². The fraction of sp³-hybridized carbons (Fsp3) is 0.312. The number of hydrogen-bond donors (Lipinski definition) is 2. The first-order valence-corrected chi connectivity index (χ1v) is 8.65. The number of rotatable bonds is 6. The van der Waals surface area contributed by atoms with Crippen LogP contribution in [0.1, 0.15) is 16.5 Å². The van der Waals surface area contributed by atoms with Crippen molar-refractivity contribution in [2.75, 3.05) is 20.6 Å². The van der Waals surface area contributed by atoms with Crippen molar-refractivity contribution in [2.45, 2.75) is 12.5 Å². The summed E-state index contributed by atoms with van der Waals surface area (Å²) < 4.78 is 0. The summed E-state index contributed by atoms with van der Waals surface area (Å²) in [5.41, 5.74) is 0.674. The number of hydrogen-bond acceptors (Lipinski definition) is 2. The second kappa shape index (κ2) is 7.97. The van der Waals surface area contributed by atoms with Crippen molar-refractivity contribution < 1.29 is 9.69 Å². The average molecular weight is 358 g/mol. The number of amides is 1. The normalized spacial score (nSPS) is 12.4. The number of halogens is 2. The molecule has 1 heterocycles. The Balaban J connectivity index is 1.97. The molecule has 0 unspecified atom stereocenters. The molecular weight excluding hydrogens is 339 g/mol. The minimum Gasteiger partial charge on any atom is -0.349 e. The Morgan fingerprint density at radius 3 is 2.45 bits per heavy atom. The van der Waals surface area contributed by atoms with Gasteiger partial charge in [-0.1, -0.05) is 35.3 Å². The van der Waals surface area contributed by atoms with E-state index < -0.39 is 0 Å². The lowest BCUT2D eigenvalue weighted by molar-refractivity contribution is -0.890. The Kier molecular flexibility index (Phi) is 6.26. The molecule has 0 saturated carbocycles. The number of quaternary nitrogens is 1. The van der Waals surface area contributed by atoms with Gasteiger partial charge in [-0.05, 0) is 29.1 Å². The number of benzene rings is 1. The van der Waals surface area contributed by atoms with E-state index in [-0.39, 0.29) is 18.4 Å². The van der Waals surface area contributed by atoms with E-state index in [2.05, 4.69) is 30.9 Å². The third-order valence-corrected chi connectivity index (χ3v) is 5.18. The van der Waals surface area contributed by atoms with Gasteiger partial charge in [-0.3, -0.25) is 4.79 Å². The van der Waals surface area contributed by atoms with Crippen molar-refractivity contribution in [1.82, 2.24) is 5.32 Å². The highest BCUT2D eigenvalue weighted by Crippen LogP contribution is 2.24. The van der Waals surface area contributed by atoms with Gasteiger partial charge in [0.1, 0.15) is 6.04 Å². The van der Waals surface area contributed by atoms with Crippen LogP contribution < -0.4 is 10.2 Å². The molecule has 1 atom stereocenters. The third-order valence-electron chi connectivity index (χ3n) is 3.49. The zero-order valence-corrected chi connectivity index (χ0v) is 14.9. The third kappa shape index (κ3) is 4.46. The van der Waals surface area contributed by atoms with Gasteiger partial charge in [-0.15, -0.1) is 11.3 Å². The van der Waals surface area contributed by atoms with E-state index in [1.807, 2.05) is 6.07 Å². The molecule has 0 aliphatic heterocycles. The van der Waals surface area contributed by atoms with Crippen LogP contribution in [-0.2, 0) is 11.2 Å². The van der Waals surface area contributed by atoms with Gasteiger partial charge in [-0.25, -0.2) is 0 Å². The monoisotopic (exact) mass is 357 g/mol. The molecule has 1 aromatic carbocycles. The summed E-state index contributed by atoms with van der Waals surface area (Å²) in [6.45, 7) is 0.587. The van der Waals surface area contributed by atoms with E-state index in [1.54, 1.807) is 29.5 Å². The van der Waals surface area contributed by atoms with Gasteiger partial charge in [0.25, 0.3) is 0 Å². The summed E-state index contributed by atoms with van der Waals surface area (Å²) in [6.07, 6.45) is 0.193. The molecule has 0 aliphatic carbocycles. The number of thiophene rings is 1. The Morgan fingerprint density at radius 2 is 1.91 bits per heavy atom. The van der Waals surface area contributed by atoms with Crippen LogP contribution >= 0.6 is 34.5 Å². The second-order valence-electron chi connectivity index (χ2n) is 5.33. The SMILES string of the molecule is C[NH+](C)[C@@H](CNC(=O)Cc1c(Cl)cccc1Cl)c1cccs1. The molecule has 2 aromatic rings. The molecule has 1 amide bonds. The van der Waals surface area contributed by atoms with E-state index in [1.165, 1.54) is 9.78 Å². The topological polar surface area (TPSA) is 33.5 Å². The first-order valence-electron chi connectivity index (χ1n) is 7.02. The van der Waals surface area contributed by atoms with Crippen molar-refractivity contribution in [2.24, 2.45) is 0 Å². The zero-order chi connectivity index (χ0) is 16.1.